The summed E-state index contributed by atoms with van der Waals surface area (Å²) in [5.74, 6) is 0. The summed E-state index contributed by atoms with van der Waals surface area (Å²) in [5.41, 5.74) is 6.73. The SMILES string of the molecule is Cc1nc(-c2ccc(S(=O)(=O)N3CCCC(N)C3)s2)cs1. The number of thiophene rings is 1. The van der Waals surface area contributed by atoms with Gasteiger partial charge in [0, 0.05) is 24.5 Å². The van der Waals surface area contributed by atoms with Gasteiger partial charge in [-0.25, -0.2) is 13.4 Å². The molecule has 114 valence electrons. The quantitative estimate of drug-likeness (QED) is 0.928. The molecule has 0 aliphatic carbocycles. The van der Waals surface area contributed by atoms with Gasteiger partial charge in [-0.3, -0.25) is 0 Å². The zero-order valence-corrected chi connectivity index (χ0v) is 14.1. The molecule has 0 spiro atoms. The normalized spacial score (nSPS) is 20.8. The van der Waals surface area contributed by atoms with Crippen molar-refractivity contribution in [1.29, 1.82) is 0 Å². The Morgan fingerprint density at radius 2 is 2.24 bits per heavy atom. The molecule has 2 aromatic heterocycles. The number of piperidine rings is 1. The van der Waals surface area contributed by atoms with Crippen LogP contribution in [0.5, 0.6) is 0 Å². The van der Waals surface area contributed by atoms with E-state index in [0.717, 1.165) is 28.4 Å². The molecule has 0 aromatic carbocycles. The van der Waals surface area contributed by atoms with Crippen molar-refractivity contribution in [3.05, 3.63) is 22.5 Å². The van der Waals surface area contributed by atoms with E-state index in [0.29, 0.717) is 17.3 Å². The summed E-state index contributed by atoms with van der Waals surface area (Å²) in [4.78, 5) is 5.29. The maximum absolute atomic E-state index is 12.6. The number of rotatable bonds is 3. The molecule has 1 aliphatic heterocycles. The predicted molar refractivity (Wildman–Crippen MR) is 86.1 cm³/mol. The van der Waals surface area contributed by atoms with Gasteiger partial charge in [0.1, 0.15) is 4.21 Å². The number of nitrogens with two attached hydrogens (primary N) is 1. The van der Waals surface area contributed by atoms with Crippen LogP contribution >= 0.6 is 22.7 Å². The highest BCUT2D eigenvalue weighted by atomic mass is 32.2. The molecular formula is C13H17N3O2S3. The van der Waals surface area contributed by atoms with Crippen molar-refractivity contribution in [3.63, 3.8) is 0 Å². The minimum atomic E-state index is -3.43. The van der Waals surface area contributed by atoms with Gasteiger partial charge >= 0.3 is 0 Å². The van der Waals surface area contributed by atoms with Gasteiger partial charge in [0.25, 0.3) is 10.0 Å². The van der Waals surface area contributed by atoms with Crippen LogP contribution in [0.2, 0.25) is 0 Å². The van der Waals surface area contributed by atoms with Crippen molar-refractivity contribution in [2.24, 2.45) is 5.73 Å². The smallest absolute Gasteiger partial charge is 0.252 e. The fourth-order valence-electron chi connectivity index (χ4n) is 2.39. The highest BCUT2D eigenvalue weighted by Crippen LogP contribution is 2.33. The summed E-state index contributed by atoms with van der Waals surface area (Å²) in [5, 5.41) is 2.93. The van der Waals surface area contributed by atoms with Crippen LogP contribution in [-0.2, 0) is 10.0 Å². The Balaban J connectivity index is 1.88. The molecule has 8 heteroatoms. The Hall–Kier alpha value is -0.800. The van der Waals surface area contributed by atoms with E-state index in [2.05, 4.69) is 4.98 Å². The zero-order valence-electron chi connectivity index (χ0n) is 11.7. The molecule has 3 rings (SSSR count). The first kappa shape index (κ1) is 15.1. The first-order valence-electron chi connectivity index (χ1n) is 6.75. The maximum Gasteiger partial charge on any atom is 0.252 e. The number of hydrogen-bond donors (Lipinski definition) is 1. The number of thiazole rings is 1. The second kappa shape index (κ2) is 5.77. The van der Waals surface area contributed by atoms with Crippen LogP contribution in [0, 0.1) is 6.92 Å². The molecule has 2 aromatic rings. The fourth-order valence-corrected chi connectivity index (χ4v) is 6.04. The molecule has 1 unspecified atom stereocenters. The first-order valence-corrected chi connectivity index (χ1v) is 9.88. The summed E-state index contributed by atoms with van der Waals surface area (Å²) in [6.07, 6.45) is 1.71. The number of nitrogens with zero attached hydrogens (tertiary/aromatic N) is 2. The molecule has 5 nitrogen and oxygen atoms in total. The minimum Gasteiger partial charge on any atom is -0.327 e. The van der Waals surface area contributed by atoms with Crippen molar-refractivity contribution in [2.45, 2.75) is 30.0 Å². The maximum atomic E-state index is 12.6. The molecule has 0 bridgehead atoms. The molecule has 1 saturated heterocycles. The van der Waals surface area contributed by atoms with Gasteiger partial charge in [0.2, 0.25) is 0 Å². The largest absolute Gasteiger partial charge is 0.327 e. The van der Waals surface area contributed by atoms with Crippen LogP contribution in [-0.4, -0.2) is 36.8 Å². The lowest BCUT2D eigenvalue weighted by Gasteiger charge is -2.29. The lowest BCUT2D eigenvalue weighted by molar-refractivity contribution is 0.316. The van der Waals surface area contributed by atoms with Crippen molar-refractivity contribution in [3.8, 4) is 10.6 Å². The Labute approximate surface area is 132 Å². The molecule has 1 fully saturated rings. The number of hydrogen-bond acceptors (Lipinski definition) is 6. The molecule has 0 radical (unpaired) electrons. The molecule has 21 heavy (non-hydrogen) atoms. The van der Waals surface area contributed by atoms with E-state index < -0.39 is 10.0 Å². The van der Waals surface area contributed by atoms with Crippen LogP contribution in [0.15, 0.2) is 21.7 Å². The summed E-state index contributed by atoms with van der Waals surface area (Å²) in [6, 6.07) is 3.44. The average molecular weight is 343 g/mol. The Morgan fingerprint density at radius 1 is 1.43 bits per heavy atom. The molecule has 0 saturated carbocycles. The molecule has 2 N–H and O–H groups in total. The second-order valence-corrected chi connectivity index (χ2v) is 9.45. The highest BCUT2D eigenvalue weighted by Gasteiger charge is 2.30. The molecular weight excluding hydrogens is 326 g/mol. The standard InChI is InChI=1S/C13H17N3O2S3/c1-9-15-11(8-19-9)12-4-5-13(20-12)21(17,18)16-6-2-3-10(14)7-16/h4-5,8,10H,2-3,6-7,14H2,1H3. The molecule has 3 heterocycles. The Bertz CT molecular complexity index is 735. The number of sulfonamides is 1. The van der Waals surface area contributed by atoms with Gasteiger partial charge in [-0.05, 0) is 31.9 Å². The van der Waals surface area contributed by atoms with Gasteiger partial charge < -0.3 is 5.73 Å². The van der Waals surface area contributed by atoms with E-state index in [1.807, 2.05) is 18.4 Å². The van der Waals surface area contributed by atoms with E-state index in [1.165, 1.54) is 15.6 Å². The molecule has 0 amide bonds. The number of aromatic nitrogens is 1. The van der Waals surface area contributed by atoms with Crippen LogP contribution in [0.1, 0.15) is 17.8 Å². The zero-order chi connectivity index (χ0) is 15.0. The summed E-state index contributed by atoms with van der Waals surface area (Å²) < 4.78 is 27.2. The van der Waals surface area contributed by atoms with Gasteiger partial charge in [-0.2, -0.15) is 4.31 Å². The number of aryl methyl sites for hydroxylation is 1. The topological polar surface area (TPSA) is 76.3 Å². The van der Waals surface area contributed by atoms with Crippen LogP contribution < -0.4 is 5.73 Å². The van der Waals surface area contributed by atoms with Crippen molar-refractivity contribution < 1.29 is 8.42 Å². The fraction of sp³-hybridized carbons (Fsp3) is 0.462. The summed E-state index contributed by atoms with van der Waals surface area (Å²) >= 11 is 2.84. The van der Waals surface area contributed by atoms with E-state index in [1.54, 1.807) is 17.4 Å². The highest BCUT2D eigenvalue weighted by molar-refractivity contribution is 7.91. The Kier molecular flexibility index (Phi) is 4.15. The first-order chi connectivity index (χ1) is 9.96. The van der Waals surface area contributed by atoms with Gasteiger partial charge in [-0.15, -0.1) is 22.7 Å². The van der Waals surface area contributed by atoms with E-state index in [9.17, 15) is 8.42 Å². The average Bonchev–Trinajstić information content (AvgIpc) is 3.07. The third kappa shape index (κ3) is 3.04. The van der Waals surface area contributed by atoms with E-state index in [4.69, 9.17) is 5.73 Å². The van der Waals surface area contributed by atoms with Crippen LogP contribution in [0.4, 0.5) is 0 Å². The van der Waals surface area contributed by atoms with E-state index >= 15 is 0 Å². The van der Waals surface area contributed by atoms with Crippen molar-refractivity contribution in [1.82, 2.24) is 9.29 Å². The molecule has 1 aliphatic rings. The molecule has 1 atom stereocenters. The second-order valence-electron chi connectivity index (χ2n) is 5.14. The summed E-state index contributed by atoms with van der Waals surface area (Å²) in [7, 11) is -3.43. The lowest BCUT2D eigenvalue weighted by Crippen LogP contribution is -2.45. The Morgan fingerprint density at radius 3 is 2.90 bits per heavy atom. The van der Waals surface area contributed by atoms with Crippen molar-refractivity contribution >= 4 is 32.7 Å². The van der Waals surface area contributed by atoms with E-state index in [-0.39, 0.29) is 6.04 Å². The van der Waals surface area contributed by atoms with Crippen LogP contribution in [0.3, 0.4) is 0 Å². The third-order valence-corrected chi connectivity index (χ3v) is 7.68. The van der Waals surface area contributed by atoms with Gasteiger partial charge in [-0.1, -0.05) is 0 Å². The third-order valence-electron chi connectivity index (χ3n) is 3.47. The summed E-state index contributed by atoms with van der Waals surface area (Å²) in [6.45, 7) is 2.90. The van der Waals surface area contributed by atoms with Gasteiger partial charge in [0.05, 0.1) is 15.6 Å². The minimum absolute atomic E-state index is 0.0610. The monoisotopic (exact) mass is 343 g/mol. The lowest BCUT2D eigenvalue weighted by atomic mass is 10.1. The van der Waals surface area contributed by atoms with Gasteiger partial charge in [0.15, 0.2) is 0 Å². The van der Waals surface area contributed by atoms with Crippen molar-refractivity contribution in [2.75, 3.05) is 13.1 Å². The van der Waals surface area contributed by atoms with Crippen LogP contribution in [0.25, 0.3) is 10.6 Å². The predicted octanol–water partition coefficient (Wildman–Crippen LogP) is 2.29.